The highest BCUT2D eigenvalue weighted by atomic mass is 16.4. The lowest BCUT2D eigenvalue weighted by molar-refractivity contribution is 0.578. The third kappa shape index (κ3) is 3.03. The zero-order valence-corrected chi connectivity index (χ0v) is 12.6. The van der Waals surface area contributed by atoms with Crippen LogP contribution in [-0.2, 0) is 0 Å². The summed E-state index contributed by atoms with van der Waals surface area (Å²) in [4.78, 5) is 6.48. The Kier molecular flexibility index (Phi) is 3.70. The van der Waals surface area contributed by atoms with Crippen molar-refractivity contribution in [3.8, 4) is 11.3 Å². The number of nitrogens with two attached hydrogens (primary N) is 1. The van der Waals surface area contributed by atoms with E-state index in [1.165, 1.54) is 0 Å². The lowest BCUT2D eigenvalue weighted by atomic mass is 10.1. The molecule has 0 fully saturated rings. The molecule has 0 aliphatic carbocycles. The summed E-state index contributed by atoms with van der Waals surface area (Å²) in [5.74, 6) is 0. The van der Waals surface area contributed by atoms with Gasteiger partial charge in [0, 0.05) is 36.7 Å². The standard InChI is InChI=1S/C17H18N4O/c1-21(2)15-9-7-14(8-10-15)19-17-20-16(11-22-17)12-3-5-13(18)6-4-12/h3-11H,18H2,1-2H3,(H,19,20). The van der Waals surface area contributed by atoms with E-state index in [0.717, 1.165) is 28.3 Å². The molecule has 0 atom stereocenters. The molecule has 0 radical (unpaired) electrons. The third-order valence-electron chi connectivity index (χ3n) is 3.35. The molecule has 22 heavy (non-hydrogen) atoms. The fraction of sp³-hybridized carbons (Fsp3) is 0.118. The molecule has 2 aromatic carbocycles. The second-order valence-corrected chi connectivity index (χ2v) is 5.23. The van der Waals surface area contributed by atoms with Gasteiger partial charge < -0.3 is 20.4 Å². The van der Waals surface area contributed by atoms with E-state index in [0.29, 0.717) is 6.01 Å². The van der Waals surface area contributed by atoms with E-state index in [4.69, 9.17) is 10.2 Å². The Morgan fingerprint density at radius 1 is 1.00 bits per heavy atom. The van der Waals surface area contributed by atoms with Gasteiger partial charge in [0.05, 0.1) is 0 Å². The van der Waals surface area contributed by atoms with Crippen LogP contribution in [0.5, 0.6) is 0 Å². The molecule has 5 heteroatoms. The number of hydrogen-bond acceptors (Lipinski definition) is 5. The number of rotatable bonds is 4. The zero-order chi connectivity index (χ0) is 15.5. The highest BCUT2D eigenvalue weighted by molar-refractivity contribution is 5.64. The fourth-order valence-electron chi connectivity index (χ4n) is 2.08. The number of oxazole rings is 1. The molecule has 3 rings (SSSR count). The highest BCUT2D eigenvalue weighted by Gasteiger charge is 2.06. The Balaban J connectivity index is 1.75. The zero-order valence-electron chi connectivity index (χ0n) is 12.6. The molecule has 0 aliphatic rings. The number of hydrogen-bond donors (Lipinski definition) is 2. The average molecular weight is 294 g/mol. The molecule has 0 bridgehead atoms. The van der Waals surface area contributed by atoms with Crippen LogP contribution in [0.25, 0.3) is 11.3 Å². The lowest BCUT2D eigenvalue weighted by Crippen LogP contribution is -2.08. The molecule has 3 N–H and O–H groups in total. The van der Waals surface area contributed by atoms with Gasteiger partial charge in [0.2, 0.25) is 0 Å². The quantitative estimate of drug-likeness (QED) is 0.718. The molecule has 5 nitrogen and oxygen atoms in total. The average Bonchev–Trinajstić information content (AvgIpc) is 2.97. The summed E-state index contributed by atoms with van der Waals surface area (Å²) in [5.41, 5.74) is 10.2. The van der Waals surface area contributed by atoms with Crippen molar-refractivity contribution in [3.63, 3.8) is 0 Å². The van der Waals surface area contributed by atoms with Gasteiger partial charge in [0.15, 0.2) is 0 Å². The van der Waals surface area contributed by atoms with Crippen LogP contribution in [0.1, 0.15) is 0 Å². The van der Waals surface area contributed by atoms with Crippen LogP contribution in [-0.4, -0.2) is 19.1 Å². The summed E-state index contributed by atoms with van der Waals surface area (Å²) in [6.45, 7) is 0. The minimum atomic E-state index is 0.462. The van der Waals surface area contributed by atoms with E-state index in [2.05, 4.69) is 10.3 Å². The maximum atomic E-state index is 5.69. The molecule has 0 saturated heterocycles. The second kappa shape index (κ2) is 5.81. The SMILES string of the molecule is CN(C)c1ccc(Nc2nc(-c3ccc(N)cc3)co2)cc1. The maximum absolute atomic E-state index is 5.69. The first kappa shape index (κ1) is 14.0. The van der Waals surface area contributed by atoms with Gasteiger partial charge >= 0.3 is 0 Å². The molecule has 0 saturated carbocycles. The summed E-state index contributed by atoms with van der Waals surface area (Å²) in [6.07, 6.45) is 1.63. The summed E-state index contributed by atoms with van der Waals surface area (Å²) in [6, 6.07) is 16.0. The van der Waals surface area contributed by atoms with Crippen LogP contribution >= 0.6 is 0 Å². The Bertz CT molecular complexity index is 745. The van der Waals surface area contributed by atoms with Crippen LogP contribution in [0, 0.1) is 0 Å². The molecule has 1 aromatic heterocycles. The Hall–Kier alpha value is -2.95. The van der Waals surface area contributed by atoms with Crippen LogP contribution in [0.15, 0.2) is 59.2 Å². The number of anilines is 4. The summed E-state index contributed by atoms with van der Waals surface area (Å²) < 4.78 is 5.47. The summed E-state index contributed by atoms with van der Waals surface area (Å²) in [5, 5.41) is 3.15. The molecule has 0 amide bonds. The van der Waals surface area contributed by atoms with Gasteiger partial charge in [-0.15, -0.1) is 0 Å². The topological polar surface area (TPSA) is 67.3 Å². The monoisotopic (exact) mass is 294 g/mol. The van der Waals surface area contributed by atoms with E-state index in [9.17, 15) is 0 Å². The molecule has 0 aliphatic heterocycles. The number of nitrogens with one attached hydrogen (secondary N) is 1. The first-order chi connectivity index (χ1) is 10.6. The van der Waals surface area contributed by atoms with E-state index in [-0.39, 0.29) is 0 Å². The lowest BCUT2D eigenvalue weighted by Gasteiger charge is -2.12. The largest absolute Gasteiger partial charge is 0.431 e. The molecule has 112 valence electrons. The van der Waals surface area contributed by atoms with Crippen LogP contribution in [0.3, 0.4) is 0 Å². The normalized spacial score (nSPS) is 10.5. The molecular formula is C17H18N4O. The molecule has 1 heterocycles. The number of nitrogens with zero attached hydrogens (tertiary/aromatic N) is 2. The van der Waals surface area contributed by atoms with Crippen molar-refractivity contribution < 1.29 is 4.42 Å². The number of nitrogen functional groups attached to an aromatic ring is 1. The van der Waals surface area contributed by atoms with Gasteiger partial charge in [-0.3, -0.25) is 0 Å². The van der Waals surface area contributed by atoms with E-state index < -0.39 is 0 Å². The van der Waals surface area contributed by atoms with Crippen molar-refractivity contribution in [3.05, 3.63) is 54.8 Å². The smallest absolute Gasteiger partial charge is 0.299 e. The van der Waals surface area contributed by atoms with Crippen molar-refractivity contribution in [1.29, 1.82) is 0 Å². The van der Waals surface area contributed by atoms with Crippen molar-refractivity contribution in [2.75, 3.05) is 30.0 Å². The summed E-state index contributed by atoms with van der Waals surface area (Å²) >= 11 is 0. The van der Waals surface area contributed by atoms with Gasteiger partial charge in [-0.25, -0.2) is 0 Å². The number of aromatic nitrogens is 1. The van der Waals surface area contributed by atoms with E-state index >= 15 is 0 Å². The molecule has 0 unspecified atom stereocenters. The van der Waals surface area contributed by atoms with Crippen molar-refractivity contribution >= 4 is 23.1 Å². The second-order valence-electron chi connectivity index (χ2n) is 5.23. The fourth-order valence-corrected chi connectivity index (χ4v) is 2.08. The molecular weight excluding hydrogens is 276 g/mol. The van der Waals surface area contributed by atoms with Crippen LogP contribution in [0.2, 0.25) is 0 Å². The van der Waals surface area contributed by atoms with Crippen LogP contribution < -0.4 is 16.0 Å². The predicted molar refractivity (Wildman–Crippen MR) is 90.4 cm³/mol. The third-order valence-corrected chi connectivity index (χ3v) is 3.35. The summed E-state index contributed by atoms with van der Waals surface area (Å²) in [7, 11) is 4.02. The minimum Gasteiger partial charge on any atom is -0.431 e. The highest BCUT2D eigenvalue weighted by Crippen LogP contribution is 2.24. The van der Waals surface area contributed by atoms with Crippen molar-refractivity contribution in [1.82, 2.24) is 4.98 Å². The Morgan fingerprint density at radius 2 is 1.68 bits per heavy atom. The van der Waals surface area contributed by atoms with Crippen molar-refractivity contribution in [2.45, 2.75) is 0 Å². The Morgan fingerprint density at radius 3 is 2.32 bits per heavy atom. The van der Waals surface area contributed by atoms with Gasteiger partial charge in [-0.1, -0.05) is 12.1 Å². The van der Waals surface area contributed by atoms with Crippen LogP contribution in [0.4, 0.5) is 23.1 Å². The maximum Gasteiger partial charge on any atom is 0.299 e. The molecule has 3 aromatic rings. The first-order valence-corrected chi connectivity index (χ1v) is 6.98. The van der Waals surface area contributed by atoms with Gasteiger partial charge in [-0.2, -0.15) is 4.98 Å². The number of benzene rings is 2. The van der Waals surface area contributed by atoms with E-state index in [1.807, 2.05) is 67.5 Å². The van der Waals surface area contributed by atoms with Crippen molar-refractivity contribution in [2.24, 2.45) is 0 Å². The molecule has 0 spiro atoms. The van der Waals surface area contributed by atoms with Gasteiger partial charge in [-0.05, 0) is 36.4 Å². The predicted octanol–water partition coefficient (Wildman–Crippen LogP) is 3.73. The van der Waals surface area contributed by atoms with Gasteiger partial charge in [0.1, 0.15) is 12.0 Å². The van der Waals surface area contributed by atoms with Gasteiger partial charge in [0.25, 0.3) is 6.01 Å². The first-order valence-electron chi connectivity index (χ1n) is 6.98. The minimum absolute atomic E-state index is 0.462. The Labute approximate surface area is 129 Å². The van der Waals surface area contributed by atoms with E-state index in [1.54, 1.807) is 6.26 Å².